The topological polar surface area (TPSA) is 30.8 Å². The first-order chi connectivity index (χ1) is 12.1. The zero-order valence-electron chi connectivity index (χ0n) is 13.5. The third-order valence-corrected chi connectivity index (χ3v) is 5.58. The SMILES string of the molecule is CCOc1cc(C2=NCCS2)cc(Cl)c1OCc1c(Cl)cccc1Cl. The zero-order chi connectivity index (χ0) is 17.8. The lowest BCUT2D eigenvalue weighted by Gasteiger charge is -2.16. The monoisotopic (exact) mass is 415 g/mol. The molecule has 0 aliphatic carbocycles. The fourth-order valence-electron chi connectivity index (χ4n) is 2.42. The first-order valence-electron chi connectivity index (χ1n) is 7.79. The highest BCUT2D eigenvalue weighted by molar-refractivity contribution is 8.14. The molecule has 0 amide bonds. The van der Waals surface area contributed by atoms with E-state index in [0.29, 0.717) is 38.7 Å². The molecule has 0 spiro atoms. The van der Waals surface area contributed by atoms with Crippen molar-refractivity contribution < 1.29 is 9.47 Å². The molecular formula is C18H16Cl3NO2S. The van der Waals surface area contributed by atoms with Gasteiger partial charge in [0, 0.05) is 33.5 Å². The normalized spacial score (nSPS) is 13.7. The van der Waals surface area contributed by atoms with E-state index < -0.39 is 0 Å². The summed E-state index contributed by atoms with van der Waals surface area (Å²) >= 11 is 20.6. The van der Waals surface area contributed by atoms with Gasteiger partial charge in [-0.3, -0.25) is 4.99 Å². The van der Waals surface area contributed by atoms with E-state index in [-0.39, 0.29) is 6.61 Å². The highest BCUT2D eigenvalue weighted by Crippen LogP contribution is 2.39. The highest BCUT2D eigenvalue weighted by Gasteiger charge is 2.18. The van der Waals surface area contributed by atoms with Crippen LogP contribution in [-0.2, 0) is 6.61 Å². The molecule has 0 bridgehead atoms. The minimum Gasteiger partial charge on any atom is -0.490 e. The second kappa shape index (κ2) is 8.54. The fourth-order valence-corrected chi connectivity index (χ4v) is 4.03. The summed E-state index contributed by atoms with van der Waals surface area (Å²) < 4.78 is 11.6. The van der Waals surface area contributed by atoms with E-state index in [1.165, 1.54) is 0 Å². The van der Waals surface area contributed by atoms with Crippen LogP contribution in [0.4, 0.5) is 0 Å². The van der Waals surface area contributed by atoms with Crippen molar-refractivity contribution in [2.45, 2.75) is 13.5 Å². The van der Waals surface area contributed by atoms with Gasteiger partial charge in [-0.25, -0.2) is 0 Å². The van der Waals surface area contributed by atoms with Gasteiger partial charge in [-0.15, -0.1) is 11.8 Å². The summed E-state index contributed by atoms with van der Waals surface area (Å²) in [6, 6.07) is 9.11. The standard InChI is InChI=1S/C18H16Cl3NO2S/c1-2-23-16-9-11(18-22-6-7-25-18)8-15(21)17(16)24-10-12-13(19)4-3-5-14(12)20/h3-5,8-9H,2,6-7,10H2,1H3. The van der Waals surface area contributed by atoms with Gasteiger partial charge >= 0.3 is 0 Å². The summed E-state index contributed by atoms with van der Waals surface area (Å²) in [6.07, 6.45) is 0. The van der Waals surface area contributed by atoms with Crippen LogP contribution in [0.5, 0.6) is 11.5 Å². The number of rotatable bonds is 6. The van der Waals surface area contributed by atoms with E-state index in [0.717, 1.165) is 22.9 Å². The minimum absolute atomic E-state index is 0.202. The number of nitrogens with zero attached hydrogens (tertiary/aromatic N) is 1. The molecule has 0 radical (unpaired) electrons. The molecule has 7 heteroatoms. The average Bonchev–Trinajstić information content (AvgIpc) is 3.11. The lowest BCUT2D eigenvalue weighted by atomic mass is 10.2. The molecule has 25 heavy (non-hydrogen) atoms. The van der Waals surface area contributed by atoms with Crippen molar-refractivity contribution >= 4 is 51.6 Å². The Balaban J connectivity index is 1.89. The molecule has 0 saturated heterocycles. The molecule has 0 unspecified atom stereocenters. The smallest absolute Gasteiger partial charge is 0.180 e. The fraction of sp³-hybridized carbons (Fsp3) is 0.278. The van der Waals surface area contributed by atoms with E-state index in [2.05, 4.69) is 4.99 Å². The van der Waals surface area contributed by atoms with E-state index in [4.69, 9.17) is 44.3 Å². The second-order valence-electron chi connectivity index (χ2n) is 5.24. The maximum atomic E-state index is 6.46. The molecule has 0 aromatic heterocycles. The maximum Gasteiger partial charge on any atom is 0.180 e. The summed E-state index contributed by atoms with van der Waals surface area (Å²) in [5, 5.41) is 2.55. The molecule has 0 N–H and O–H groups in total. The second-order valence-corrected chi connectivity index (χ2v) is 7.55. The van der Waals surface area contributed by atoms with Crippen molar-refractivity contribution in [1.29, 1.82) is 0 Å². The van der Waals surface area contributed by atoms with Gasteiger partial charge in [0.15, 0.2) is 11.5 Å². The number of aliphatic imine (C=N–C) groups is 1. The number of thioether (sulfide) groups is 1. The predicted molar refractivity (Wildman–Crippen MR) is 107 cm³/mol. The molecule has 1 aliphatic rings. The molecular weight excluding hydrogens is 401 g/mol. The van der Waals surface area contributed by atoms with Crippen LogP contribution < -0.4 is 9.47 Å². The van der Waals surface area contributed by atoms with Crippen LogP contribution in [-0.4, -0.2) is 23.9 Å². The molecule has 0 fully saturated rings. The van der Waals surface area contributed by atoms with Gasteiger partial charge in [0.25, 0.3) is 0 Å². The Morgan fingerprint density at radius 3 is 2.48 bits per heavy atom. The highest BCUT2D eigenvalue weighted by atomic mass is 35.5. The Morgan fingerprint density at radius 1 is 1.08 bits per heavy atom. The Labute approximate surface area is 166 Å². The number of hydrogen-bond acceptors (Lipinski definition) is 4. The molecule has 1 aliphatic heterocycles. The number of hydrogen-bond donors (Lipinski definition) is 0. The average molecular weight is 417 g/mol. The van der Waals surface area contributed by atoms with Crippen molar-refractivity contribution in [1.82, 2.24) is 0 Å². The molecule has 1 heterocycles. The van der Waals surface area contributed by atoms with E-state index >= 15 is 0 Å². The molecule has 0 saturated carbocycles. The van der Waals surface area contributed by atoms with Crippen molar-refractivity contribution in [3.8, 4) is 11.5 Å². The van der Waals surface area contributed by atoms with E-state index in [1.54, 1.807) is 30.0 Å². The minimum atomic E-state index is 0.202. The van der Waals surface area contributed by atoms with Crippen molar-refractivity contribution in [3.63, 3.8) is 0 Å². The van der Waals surface area contributed by atoms with Crippen LogP contribution in [0.15, 0.2) is 35.3 Å². The van der Waals surface area contributed by atoms with Crippen LogP contribution >= 0.6 is 46.6 Å². The van der Waals surface area contributed by atoms with Gasteiger partial charge in [-0.1, -0.05) is 40.9 Å². The predicted octanol–water partition coefficient (Wildman–Crippen LogP) is 6.12. The van der Waals surface area contributed by atoms with Crippen molar-refractivity contribution in [3.05, 3.63) is 56.5 Å². The molecule has 132 valence electrons. The summed E-state index contributed by atoms with van der Waals surface area (Å²) in [7, 11) is 0. The largest absolute Gasteiger partial charge is 0.490 e. The first kappa shape index (κ1) is 18.7. The van der Waals surface area contributed by atoms with Gasteiger partial charge in [-0.05, 0) is 31.2 Å². The summed E-state index contributed by atoms with van der Waals surface area (Å²) in [5.41, 5.74) is 1.66. The van der Waals surface area contributed by atoms with Crippen molar-refractivity contribution in [2.24, 2.45) is 4.99 Å². The van der Waals surface area contributed by atoms with Crippen molar-refractivity contribution in [2.75, 3.05) is 18.9 Å². The van der Waals surface area contributed by atoms with E-state index in [9.17, 15) is 0 Å². The molecule has 3 rings (SSSR count). The molecule has 2 aromatic carbocycles. The number of benzene rings is 2. The zero-order valence-corrected chi connectivity index (χ0v) is 16.6. The Morgan fingerprint density at radius 2 is 1.84 bits per heavy atom. The molecule has 2 aromatic rings. The Hall–Kier alpha value is -1.07. The summed E-state index contributed by atoms with van der Waals surface area (Å²) in [5.74, 6) is 2.05. The summed E-state index contributed by atoms with van der Waals surface area (Å²) in [4.78, 5) is 4.48. The number of halogens is 3. The first-order valence-corrected chi connectivity index (χ1v) is 9.91. The lowest BCUT2D eigenvalue weighted by Crippen LogP contribution is -2.03. The van der Waals surface area contributed by atoms with Crippen LogP contribution in [0.2, 0.25) is 15.1 Å². The third-order valence-electron chi connectivity index (χ3n) is 3.56. The van der Waals surface area contributed by atoms with Crippen LogP contribution in [0.3, 0.4) is 0 Å². The third kappa shape index (κ3) is 4.37. The van der Waals surface area contributed by atoms with Gasteiger partial charge in [0.2, 0.25) is 0 Å². The summed E-state index contributed by atoms with van der Waals surface area (Å²) in [6.45, 7) is 3.44. The number of ether oxygens (including phenoxy) is 2. The Kier molecular flexibility index (Phi) is 6.39. The Bertz CT molecular complexity index is 791. The molecule has 3 nitrogen and oxygen atoms in total. The van der Waals surface area contributed by atoms with Crippen LogP contribution in [0.25, 0.3) is 0 Å². The van der Waals surface area contributed by atoms with Gasteiger partial charge < -0.3 is 9.47 Å². The van der Waals surface area contributed by atoms with Gasteiger partial charge in [0.1, 0.15) is 6.61 Å². The lowest BCUT2D eigenvalue weighted by molar-refractivity contribution is 0.269. The van der Waals surface area contributed by atoms with Crippen LogP contribution in [0, 0.1) is 0 Å². The quantitative estimate of drug-likeness (QED) is 0.568. The van der Waals surface area contributed by atoms with Crippen LogP contribution in [0.1, 0.15) is 18.1 Å². The maximum absolute atomic E-state index is 6.46. The molecule has 0 atom stereocenters. The van der Waals surface area contributed by atoms with Gasteiger partial charge in [-0.2, -0.15) is 0 Å². The van der Waals surface area contributed by atoms with Gasteiger partial charge in [0.05, 0.1) is 16.7 Å². The van der Waals surface area contributed by atoms with E-state index in [1.807, 2.05) is 19.1 Å².